The number of nitriles is 1. The third-order valence-corrected chi connectivity index (χ3v) is 3.51. The summed E-state index contributed by atoms with van der Waals surface area (Å²) in [6.45, 7) is 2.91. The normalized spacial score (nSPS) is 18.2. The molecule has 6 nitrogen and oxygen atoms in total. The van der Waals surface area contributed by atoms with Gasteiger partial charge < -0.3 is 9.42 Å². The van der Waals surface area contributed by atoms with E-state index in [9.17, 15) is 0 Å². The van der Waals surface area contributed by atoms with E-state index in [1.54, 1.807) is 12.3 Å². The number of hydrogen-bond acceptors (Lipinski definition) is 6. The minimum absolute atomic E-state index is 0.111. The fraction of sp³-hybridized carbons (Fsp3) is 0.429. The Balaban J connectivity index is 1.86. The molecule has 3 rings (SSSR count). The first-order valence-corrected chi connectivity index (χ1v) is 6.77. The van der Waals surface area contributed by atoms with Gasteiger partial charge in [-0.05, 0) is 25.0 Å². The molecule has 0 bridgehead atoms. The van der Waals surface area contributed by atoms with Crippen LogP contribution in [0.15, 0.2) is 22.9 Å². The van der Waals surface area contributed by atoms with E-state index < -0.39 is 0 Å². The van der Waals surface area contributed by atoms with Crippen molar-refractivity contribution in [3.05, 3.63) is 35.6 Å². The third kappa shape index (κ3) is 2.23. The number of hydrogen-bond donors (Lipinski definition) is 0. The monoisotopic (exact) mass is 269 g/mol. The molecule has 3 heterocycles. The second-order valence-electron chi connectivity index (χ2n) is 4.77. The van der Waals surface area contributed by atoms with Crippen LogP contribution < -0.4 is 4.90 Å². The smallest absolute Gasteiger partial charge is 0.226 e. The van der Waals surface area contributed by atoms with Gasteiger partial charge in [-0.15, -0.1) is 0 Å². The highest BCUT2D eigenvalue weighted by atomic mass is 16.5. The average Bonchev–Trinajstić information content (AvgIpc) is 3.15. The van der Waals surface area contributed by atoms with E-state index in [2.05, 4.69) is 26.1 Å². The number of nitrogens with zero attached hydrogens (tertiary/aromatic N) is 5. The van der Waals surface area contributed by atoms with E-state index in [-0.39, 0.29) is 6.04 Å². The van der Waals surface area contributed by atoms with Crippen molar-refractivity contribution in [1.82, 2.24) is 15.1 Å². The topological polar surface area (TPSA) is 78.8 Å². The zero-order valence-corrected chi connectivity index (χ0v) is 11.3. The lowest BCUT2D eigenvalue weighted by molar-refractivity contribution is 0.373. The van der Waals surface area contributed by atoms with Crippen molar-refractivity contribution >= 4 is 5.82 Å². The van der Waals surface area contributed by atoms with Crippen LogP contribution in [-0.2, 0) is 6.42 Å². The molecule has 1 fully saturated rings. The Labute approximate surface area is 117 Å². The molecule has 1 saturated heterocycles. The summed E-state index contributed by atoms with van der Waals surface area (Å²) in [6.07, 6.45) is 4.40. The Morgan fingerprint density at radius 2 is 2.40 bits per heavy atom. The predicted molar refractivity (Wildman–Crippen MR) is 71.9 cm³/mol. The molecule has 2 aromatic rings. The van der Waals surface area contributed by atoms with Gasteiger partial charge in [-0.25, -0.2) is 4.98 Å². The van der Waals surface area contributed by atoms with E-state index in [0.717, 1.165) is 37.4 Å². The molecular formula is C14H15N5O. The van der Waals surface area contributed by atoms with Crippen LogP contribution in [0.2, 0.25) is 0 Å². The summed E-state index contributed by atoms with van der Waals surface area (Å²) in [5.74, 6) is 2.25. The zero-order chi connectivity index (χ0) is 13.9. The zero-order valence-electron chi connectivity index (χ0n) is 11.3. The predicted octanol–water partition coefficient (Wildman–Crippen LogP) is 2.24. The molecule has 1 aliphatic rings. The van der Waals surface area contributed by atoms with Gasteiger partial charge in [0.05, 0.1) is 11.6 Å². The highest BCUT2D eigenvalue weighted by Crippen LogP contribution is 2.33. The standard InChI is InChI=1S/C14H15N5O/c1-2-13-17-14(18-20-13)11-4-3-7-19(11)12-6-5-10(8-15)9-16-12/h5-6,9,11H,2-4,7H2,1H3/t11-/m0/s1. The first-order chi connectivity index (χ1) is 9.81. The van der Waals surface area contributed by atoms with Gasteiger partial charge in [0.25, 0.3) is 0 Å². The lowest BCUT2D eigenvalue weighted by atomic mass is 10.2. The van der Waals surface area contributed by atoms with Crippen molar-refractivity contribution in [3.63, 3.8) is 0 Å². The summed E-state index contributed by atoms with van der Waals surface area (Å²) in [4.78, 5) is 10.9. The Morgan fingerprint density at radius 3 is 3.05 bits per heavy atom. The summed E-state index contributed by atoms with van der Waals surface area (Å²) < 4.78 is 5.20. The minimum Gasteiger partial charge on any atom is -0.346 e. The van der Waals surface area contributed by atoms with E-state index >= 15 is 0 Å². The van der Waals surface area contributed by atoms with Crippen molar-refractivity contribution in [2.24, 2.45) is 0 Å². The maximum atomic E-state index is 8.82. The van der Waals surface area contributed by atoms with Crippen LogP contribution in [0, 0.1) is 11.3 Å². The molecule has 0 aliphatic carbocycles. The first-order valence-electron chi connectivity index (χ1n) is 6.77. The maximum Gasteiger partial charge on any atom is 0.226 e. The van der Waals surface area contributed by atoms with Gasteiger partial charge in [0.15, 0.2) is 5.82 Å². The Kier molecular flexibility index (Phi) is 3.33. The van der Waals surface area contributed by atoms with Gasteiger partial charge in [-0.1, -0.05) is 12.1 Å². The molecular weight excluding hydrogens is 254 g/mol. The molecule has 2 aromatic heterocycles. The molecule has 0 amide bonds. The number of aromatic nitrogens is 3. The Hall–Kier alpha value is -2.42. The molecule has 0 saturated carbocycles. The second kappa shape index (κ2) is 5.29. The van der Waals surface area contributed by atoms with Crippen LogP contribution in [0.25, 0.3) is 0 Å². The largest absolute Gasteiger partial charge is 0.346 e. The van der Waals surface area contributed by atoms with Crippen LogP contribution in [0.1, 0.15) is 43.1 Å². The molecule has 0 aromatic carbocycles. The van der Waals surface area contributed by atoms with Gasteiger partial charge in [0, 0.05) is 19.2 Å². The van der Waals surface area contributed by atoms with Gasteiger partial charge >= 0.3 is 0 Å². The molecule has 102 valence electrons. The first kappa shape index (κ1) is 12.6. The fourth-order valence-electron chi connectivity index (χ4n) is 2.48. The SMILES string of the molecule is CCc1nc([C@@H]2CCCN2c2ccc(C#N)cn2)no1. The third-order valence-electron chi connectivity index (χ3n) is 3.51. The minimum atomic E-state index is 0.111. The summed E-state index contributed by atoms with van der Waals surface area (Å²) in [7, 11) is 0. The van der Waals surface area contributed by atoms with Crippen molar-refractivity contribution in [3.8, 4) is 6.07 Å². The van der Waals surface area contributed by atoms with Crippen LogP contribution in [0.3, 0.4) is 0 Å². The summed E-state index contributed by atoms with van der Waals surface area (Å²) in [6, 6.07) is 5.84. The summed E-state index contributed by atoms with van der Waals surface area (Å²) >= 11 is 0. The van der Waals surface area contributed by atoms with Crippen LogP contribution >= 0.6 is 0 Å². The average molecular weight is 269 g/mol. The fourth-order valence-corrected chi connectivity index (χ4v) is 2.48. The Morgan fingerprint density at radius 1 is 1.50 bits per heavy atom. The van der Waals surface area contributed by atoms with E-state index in [1.807, 2.05) is 13.0 Å². The molecule has 6 heteroatoms. The second-order valence-corrected chi connectivity index (χ2v) is 4.77. The molecule has 0 unspecified atom stereocenters. The van der Waals surface area contributed by atoms with Crippen molar-refractivity contribution in [2.45, 2.75) is 32.2 Å². The van der Waals surface area contributed by atoms with Crippen LogP contribution in [0.4, 0.5) is 5.82 Å². The van der Waals surface area contributed by atoms with E-state index in [4.69, 9.17) is 9.78 Å². The molecule has 0 N–H and O–H groups in total. The summed E-state index contributed by atoms with van der Waals surface area (Å²) in [5.41, 5.74) is 0.567. The van der Waals surface area contributed by atoms with Crippen LogP contribution in [0.5, 0.6) is 0 Å². The van der Waals surface area contributed by atoms with Crippen molar-refractivity contribution in [2.75, 3.05) is 11.4 Å². The molecule has 1 aliphatic heterocycles. The number of rotatable bonds is 3. The lowest BCUT2D eigenvalue weighted by Gasteiger charge is -2.23. The van der Waals surface area contributed by atoms with Crippen LogP contribution in [-0.4, -0.2) is 21.7 Å². The van der Waals surface area contributed by atoms with Gasteiger partial charge in [-0.3, -0.25) is 0 Å². The number of pyridine rings is 1. The van der Waals surface area contributed by atoms with E-state index in [1.165, 1.54) is 0 Å². The number of anilines is 1. The van der Waals surface area contributed by atoms with Gasteiger partial charge in [-0.2, -0.15) is 10.2 Å². The molecule has 0 spiro atoms. The highest BCUT2D eigenvalue weighted by molar-refractivity contribution is 5.44. The van der Waals surface area contributed by atoms with Gasteiger partial charge in [0.2, 0.25) is 5.89 Å². The Bertz CT molecular complexity index is 628. The highest BCUT2D eigenvalue weighted by Gasteiger charge is 2.30. The lowest BCUT2D eigenvalue weighted by Crippen LogP contribution is -2.24. The maximum absolute atomic E-state index is 8.82. The quantitative estimate of drug-likeness (QED) is 0.850. The molecule has 20 heavy (non-hydrogen) atoms. The van der Waals surface area contributed by atoms with E-state index in [0.29, 0.717) is 11.5 Å². The summed E-state index contributed by atoms with van der Waals surface area (Å²) in [5, 5.41) is 12.9. The molecule has 1 atom stereocenters. The van der Waals surface area contributed by atoms with Crippen molar-refractivity contribution in [1.29, 1.82) is 5.26 Å². The molecule has 0 radical (unpaired) electrons. The van der Waals surface area contributed by atoms with Crippen molar-refractivity contribution < 1.29 is 4.52 Å². The van der Waals surface area contributed by atoms with Gasteiger partial charge in [0.1, 0.15) is 11.9 Å². The number of aryl methyl sites for hydroxylation is 1.